The van der Waals surface area contributed by atoms with Crippen molar-refractivity contribution in [3.8, 4) is 0 Å². The molecule has 1 atom stereocenters. The fourth-order valence-electron chi connectivity index (χ4n) is 2.46. The molecular formula is C13H13F2N3O3. The molecule has 1 saturated heterocycles. The van der Waals surface area contributed by atoms with Gasteiger partial charge in [0.1, 0.15) is 11.8 Å². The molecule has 0 bridgehead atoms. The highest BCUT2D eigenvalue weighted by atomic mass is 19.3. The van der Waals surface area contributed by atoms with Crippen LogP contribution >= 0.6 is 0 Å². The van der Waals surface area contributed by atoms with Crippen LogP contribution in [0.3, 0.4) is 0 Å². The average molecular weight is 297 g/mol. The molecule has 112 valence electrons. The Morgan fingerprint density at radius 2 is 2.19 bits per heavy atom. The maximum atomic E-state index is 13.7. The number of carbonyl (C=O) groups is 1. The summed E-state index contributed by atoms with van der Waals surface area (Å²) in [5.41, 5.74) is 0.258. The normalized spacial score (nSPS) is 21.0. The lowest BCUT2D eigenvalue weighted by atomic mass is 10.1. The van der Waals surface area contributed by atoms with Gasteiger partial charge in [-0.2, -0.15) is 0 Å². The van der Waals surface area contributed by atoms with Crippen LogP contribution in [-0.4, -0.2) is 33.5 Å². The summed E-state index contributed by atoms with van der Waals surface area (Å²) in [4.78, 5) is 13.5. The molecule has 0 aliphatic carbocycles. The first kappa shape index (κ1) is 13.7. The van der Waals surface area contributed by atoms with Crippen LogP contribution in [0.5, 0.6) is 0 Å². The Morgan fingerprint density at radius 1 is 1.43 bits per heavy atom. The lowest BCUT2D eigenvalue weighted by Gasteiger charge is -2.20. The van der Waals surface area contributed by atoms with Gasteiger partial charge in [0.05, 0.1) is 18.4 Å². The van der Waals surface area contributed by atoms with E-state index in [9.17, 15) is 13.6 Å². The minimum absolute atomic E-state index is 0.0270. The number of aryl methyl sites for hydroxylation is 2. The third-order valence-corrected chi connectivity index (χ3v) is 3.45. The molecule has 1 fully saturated rings. The average Bonchev–Trinajstić information content (AvgIpc) is 3.08. The molecule has 2 aromatic rings. The van der Waals surface area contributed by atoms with Gasteiger partial charge < -0.3 is 13.7 Å². The lowest BCUT2D eigenvalue weighted by Crippen LogP contribution is -2.33. The number of rotatable bonds is 2. The molecule has 21 heavy (non-hydrogen) atoms. The molecule has 1 amide bonds. The van der Waals surface area contributed by atoms with Crippen molar-refractivity contribution in [3.63, 3.8) is 0 Å². The fraction of sp³-hybridized carbons (Fsp3) is 0.462. The van der Waals surface area contributed by atoms with Gasteiger partial charge in [-0.1, -0.05) is 0 Å². The summed E-state index contributed by atoms with van der Waals surface area (Å²) < 4.78 is 37.7. The SMILES string of the molecule is Cc1nnc(C2CC(F)(F)CN2C(=O)c2ccoc2C)o1. The monoisotopic (exact) mass is 297 g/mol. The topological polar surface area (TPSA) is 72.4 Å². The first-order valence-corrected chi connectivity index (χ1v) is 6.40. The zero-order chi connectivity index (χ0) is 15.2. The van der Waals surface area contributed by atoms with Gasteiger partial charge in [0.15, 0.2) is 0 Å². The second-order valence-corrected chi connectivity index (χ2v) is 5.06. The second-order valence-electron chi connectivity index (χ2n) is 5.06. The molecule has 6 nitrogen and oxygen atoms in total. The van der Waals surface area contributed by atoms with Gasteiger partial charge in [-0.05, 0) is 13.0 Å². The number of halogens is 2. The minimum atomic E-state index is -2.99. The van der Waals surface area contributed by atoms with Crippen LogP contribution in [0.1, 0.15) is 40.4 Å². The van der Waals surface area contributed by atoms with Crippen LogP contribution in [0.4, 0.5) is 8.78 Å². The number of amides is 1. The van der Waals surface area contributed by atoms with E-state index in [4.69, 9.17) is 8.83 Å². The summed E-state index contributed by atoms with van der Waals surface area (Å²) in [5, 5.41) is 7.40. The van der Waals surface area contributed by atoms with Crippen molar-refractivity contribution in [2.45, 2.75) is 32.2 Å². The summed E-state index contributed by atoms with van der Waals surface area (Å²) in [6, 6.07) is 0.535. The Morgan fingerprint density at radius 3 is 2.76 bits per heavy atom. The Bertz CT molecular complexity index is 680. The van der Waals surface area contributed by atoms with Crippen LogP contribution < -0.4 is 0 Å². The maximum Gasteiger partial charge on any atom is 0.267 e. The largest absolute Gasteiger partial charge is 0.469 e. The standard InChI is InChI=1S/C13H13F2N3O3/c1-7-9(3-4-20-7)12(19)18-6-13(14,15)5-10(18)11-17-16-8(2)21-11/h3-4,10H,5-6H2,1-2H3. The molecule has 1 aliphatic heterocycles. The zero-order valence-corrected chi connectivity index (χ0v) is 11.5. The minimum Gasteiger partial charge on any atom is -0.469 e. The Hall–Kier alpha value is -2.25. The first-order chi connectivity index (χ1) is 9.87. The van der Waals surface area contributed by atoms with Crippen molar-refractivity contribution < 1.29 is 22.4 Å². The van der Waals surface area contributed by atoms with Gasteiger partial charge in [-0.15, -0.1) is 10.2 Å². The van der Waals surface area contributed by atoms with E-state index in [1.165, 1.54) is 12.3 Å². The van der Waals surface area contributed by atoms with Crippen molar-refractivity contribution in [2.24, 2.45) is 0 Å². The highest BCUT2D eigenvalue weighted by molar-refractivity contribution is 5.95. The summed E-state index contributed by atoms with van der Waals surface area (Å²) in [7, 11) is 0. The van der Waals surface area contributed by atoms with Gasteiger partial charge in [0, 0.05) is 13.3 Å². The molecule has 2 aromatic heterocycles. The van der Waals surface area contributed by atoms with Crippen LogP contribution in [0.15, 0.2) is 21.2 Å². The Kier molecular flexibility index (Phi) is 3.03. The van der Waals surface area contributed by atoms with E-state index in [2.05, 4.69) is 10.2 Å². The Balaban J connectivity index is 1.95. The predicted molar refractivity (Wildman–Crippen MR) is 65.8 cm³/mol. The third-order valence-electron chi connectivity index (χ3n) is 3.45. The zero-order valence-electron chi connectivity index (χ0n) is 11.5. The number of hydrogen-bond donors (Lipinski definition) is 0. The van der Waals surface area contributed by atoms with Crippen molar-refractivity contribution in [3.05, 3.63) is 35.4 Å². The smallest absolute Gasteiger partial charge is 0.267 e. The van der Waals surface area contributed by atoms with Crippen LogP contribution in [0, 0.1) is 13.8 Å². The fourth-order valence-corrected chi connectivity index (χ4v) is 2.46. The first-order valence-electron chi connectivity index (χ1n) is 6.40. The number of carbonyl (C=O) groups excluding carboxylic acids is 1. The molecule has 1 aliphatic rings. The van der Waals surface area contributed by atoms with Crippen LogP contribution in [-0.2, 0) is 0 Å². The summed E-state index contributed by atoms with van der Waals surface area (Å²) >= 11 is 0. The van der Waals surface area contributed by atoms with E-state index in [1.54, 1.807) is 13.8 Å². The number of hydrogen-bond acceptors (Lipinski definition) is 5. The van der Waals surface area contributed by atoms with Gasteiger partial charge >= 0.3 is 0 Å². The molecule has 0 N–H and O–H groups in total. The quantitative estimate of drug-likeness (QED) is 0.851. The van der Waals surface area contributed by atoms with Crippen molar-refractivity contribution >= 4 is 5.91 Å². The molecule has 1 unspecified atom stereocenters. The molecule has 0 spiro atoms. The molecule has 0 aromatic carbocycles. The highest BCUT2D eigenvalue weighted by Gasteiger charge is 2.50. The highest BCUT2D eigenvalue weighted by Crippen LogP contribution is 2.41. The van der Waals surface area contributed by atoms with E-state index in [0.717, 1.165) is 4.90 Å². The van der Waals surface area contributed by atoms with Gasteiger partial charge in [-0.3, -0.25) is 4.79 Å². The van der Waals surface area contributed by atoms with Gasteiger partial charge in [0.2, 0.25) is 11.8 Å². The summed E-state index contributed by atoms with van der Waals surface area (Å²) in [6.45, 7) is 2.49. The number of likely N-dealkylation sites (tertiary alicyclic amines) is 1. The maximum absolute atomic E-state index is 13.7. The van der Waals surface area contributed by atoms with E-state index in [0.29, 0.717) is 5.76 Å². The molecule has 8 heteroatoms. The number of aromatic nitrogens is 2. The Labute approximate surface area is 118 Å². The summed E-state index contributed by atoms with van der Waals surface area (Å²) in [6.07, 6.45) is 0.819. The predicted octanol–water partition coefficient (Wildman–Crippen LogP) is 2.50. The van der Waals surface area contributed by atoms with E-state index < -0.39 is 30.8 Å². The lowest BCUT2D eigenvalue weighted by molar-refractivity contribution is 0.0116. The number of furan rings is 1. The van der Waals surface area contributed by atoms with Crippen molar-refractivity contribution in [1.29, 1.82) is 0 Å². The number of alkyl halides is 2. The van der Waals surface area contributed by atoms with Crippen molar-refractivity contribution in [2.75, 3.05) is 6.54 Å². The molecule has 0 saturated carbocycles. The molecule has 0 radical (unpaired) electrons. The van der Waals surface area contributed by atoms with Crippen LogP contribution in [0.2, 0.25) is 0 Å². The van der Waals surface area contributed by atoms with E-state index in [-0.39, 0.29) is 17.3 Å². The van der Waals surface area contributed by atoms with Crippen molar-refractivity contribution in [1.82, 2.24) is 15.1 Å². The van der Waals surface area contributed by atoms with E-state index in [1.807, 2.05) is 0 Å². The van der Waals surface area contributed by atoms with Gasteiger partial charge in [-0.25, -0.2) is 8.78 Å². The summed E-state index contributed by atoms with van der Waals surface area (Å²) in [5.74, 6) is -2.83. The molecular weight excluding hydrogens is 284 g/mol. The molecule has 3 rings (SSSR count). The number of nitrogens with zero attached hydrogens (tertiary/aromatic N) is 3. The second kappa shape index (κ2) is 4.64. The third kappa shape index (κ3) is 2.41. The van der Waals surface area contributed by atoms with Crippen LogP contribution in [0.25, 0.3) is 0 Å². The van der Waals surface area contributed by atoms with E-state index >= 15 is 0 Å². The molecule has 3 heterocycles. The van der Waals surface area contributed by atoms with Gasteiger partial charge in [0.25, 0.3) is 11.8 Å².